The summed E-state index contributed by atoms with van der Waals surface area (Å²) in [4.78, 5) is 13.5. The normalized spacial score (nSPS) is 10.3. The van der Waals surface area contributed by atoms with E-state index in [4.69, 9.17) is 0 Å². The average Bonchev–Trinajstić information content (AvgIpc) is 2.23. The van der Waals surface area contributed by atoms with E-state index in [0.29, 0.717) is 12.2 Å². The van der Waals surface area contributed by atoms with Crippen LogP contribution in [0.1, 0.15) is 23.1 Å². The first-order chi connectivity index (χ1) is 7.47. The molecule has 3 heteroatoms. The molecular weight excluding hydrogens is 218 g/mol. The first-order valence-corrected chi connectivity index (χ1v) is 6.06. The highest BCUT2D eigenvalue weighted by atomic mass is 32.1. The number of anilines is 1. The highest BCUT2D eigenvalue weighted by Crippen LogP contribution is 2.23. The van der Waals surface area contributed by atoms with Crippen LogP contribution in [-0.4, -0.2) is 18.7 Å². The molecule has 2 nitrogen and oxygen atoms in total. The molecule has 1 rings (SSSR count). The molecule has 0 saturated carbocycles. The van der Waals surface area contributed by atoms with Gasteiger partial charge in [0.2, 0.25) is 5.91 Å². The van der Waals surface area contributed by atoms with Crippen molar-refractivity contribution >= 4 is 24.2 Å². The number of hydrogen-bond donors (Lipinski definition) is 1. The van der Waals surface area contributed by atoms with Crippen LogP contribution >= 0.6 is 12.6 Å². The summed E-state index contributed by atoms with van der Waals surface area (Å²) >= 11 is 4.08. The molecule has 0 N–H and O–H groups in total. The van der Waals surface area contributed by atoms with Crippen LogP contribution in [0.4, 0.5) is 5.69 Å². The Bertz CT molecular complexity index is 401. The van der Waals surface area contributed by atoms with E-state index in [9.17, 15) is 4.79 Å². The molecule has 0 spiro atoms. The molecule has 0 aliphatic heterocycles. The van der Waals surface area contributed by atoms with Gasteiger partial charge in [0.25, 0.3) is 0 Å². The number of hydrogen-bond acceptors (Lipinski definition) is 2. The second-order valence-electron chi connectivity index (χ2n) is 4.15. The minimum atomic E-state index is 0.112. The Kier molecular flexibility index (Phi) is 4.42. The van der Waals surface area contributed by atoms with Gasteiger partial charge in [0.1, 0.15) is 0 Å². The van der Waals surface area contributed by atoms with Gasteiger partial charge in [0, 0.05) is 19.2 Å². The SMILES string of the molecule is Cc1cc(C)c(N(C)C(=O)CCS)cc1C. The summed E-state index contributed by atoms with van der Waals surface area (Å²) in [6, 6.07) is 4.19. The molecule has 0 bridgehead atoms. The summed E-state index contributed by atoms with van der Waals surface area (Å²) in [6.45, 7) is 6.18. The zero-order valence-electron chi connectivity index (χ0n) is 10.4. The summed E-state index contributed by atoms with van der Waals surface area (Å²) in [5.74, 6) is 0.703. The zero-order chi connectivity index (χ0) is 12.3. The van der Waals surface area contributed by atoms with Crippen molar-refractivity contribution in [1.29, 1.82) is 0 Å². The molecular formula is C13H19NOS. The van der Waals surface area contributed by atoms with Crippen LogP contribution in [0.3, 0.4) is 0 Å². The van der Waals surface area contributed by atoms with Gasteiger partial charge in [-0.15, -0.1) is 0 Å². The van der Waals surface area contributed by atoms with Crippen molar-refractivity contribution in [2.45, 2.75) is 27.2 Å². The van der Waals surface area contributed by atoms with E-state index >= 15 is 0 Å². The lowest BCUT2D eigenvalue weighted by Crippen LogP contribution is -2.27. The molecule has 1 amide bonds. The van der Waals surface area contributed by atoms with Crippen LogP contribution in [0.5, 0.6) is 0 Å². The van der Waals surface area contributed by atoms with Crippen LogP contribution < -0.4 is 4.90 Å². The molecule has 0 aromatic heterocycles. The summed E-state index contributed by atoms with van der Waals surface area (Å²) in [7, 11) is 1.82. The molecule has 0 radical (unpaired) electrons. The van der Waals surface area contributed by atoms with Gasteiger partial charge in [0.15, 0.2) is 0 Å². The van der Waals surface area contributed by atoms with Gasteiger partial charge in [0.05, 0.1) is 0 Å². The molecule has 0 saturated heterocycles. The second-order valence-corrected chi connectivity index (χ2v) is 4.60. The van der Waals surface area contributed by atoms with Gasteiger partial charge in [-0.05, 0) is 49.3 Å². The maximum absolute atomic E-state index is 11.8. The highest BCUT2D eigenvalue weighted by Gasteiger charge is 2.12. The summed E-state index contributed by atoms with van der Waals surface area (Å²) in [5.41, 5.74) is 4.61. The van der Waals surface area contributed by atoms with Crippen molar-refractivity contribution in [3.63, 3.8) is 0 Å². The van der Waals surface area contributed by atoms with Gasteiger partial charge in [-0.3, -0.25) is 4.79 Å². The summed E-state index contributed by atoms with van der Waals surface area (Å²) in [6.07, 6.45) is 0.478. The number of nitrogens with zero attached hydrogens (tertiary/aromatic N) is 1. The van der Waals surface area contributed by atoms with Crippen LogP contribution in [-0.2, 0) is 4.79 Å². The summed E-state index contributed by atoms with van der Waals surface area (Å²) < 4.78 is 0. The van der Waals surface area contributed by atoms with E-state index in [0.717, 1.165) is 11.3 Å². The van der Waals surface area contributed by atoms with Crippen molar-refractivity contribution in [3.05, 3.63) is 28.8 Å². The van der Waals surface area contributed by atoms with Crippen molar-refractivity contribution in [3.8, 4) is 0 Å². The third kappa shape index (κ3) is 2.79. The second kappa shape index (κ2) is 5.39. The van der Waals surface area contributed by atoms with Gasteiger partial charge >= 0.3 is 0 Å². The molecule has 1 aromatic rings. The number of aryl methyl sites for hydroxylation is 3. The molecule has 88 valence electrons. The van der Waals surface area contributed by atoms with E-state index in [2.05, 4.69) is 38.6 Å². The Hall–Kier alpha value is -0.960. The minimum Gasteiger partial charge on any atom is -0.315 e. The third-order valence-corrected chi connectivity index (χ3v) is 3.10. The monoisotopic (exact) mass is 237 g/mol. The fourth-order valence-electron chi connectivity index (χ4n) is 1.70. The number of benzene rings is 1. The maximum Gasteiger partial charge on any atom is 0.227 e. The lowest BCUT2D eigenvalue weighted by Gasteiger charge is -2.20. The van der Waals surface area contributed by atoms with E-state index in [1.807, 2.05) is 14.0 Å². The Balaban J connectivity index is 3.04. The molecule has 16 heavy (non-hydrogen) atoms. The van der Waals surface area contributed by atoms with E-state index in [-0.39, 0.29) is 5.91 Å². The molecule has 0 fully saturated rings. The van der Waals surface area contributed by atoms with Crippen LogP contribution in [0.15, 0.2) is 12.1 Å². The van der Waals surface area contributed by atoms with E-state index in [1.165, 1.54) is 11.1 Å². The van der Waals surface area contributed by atoms with E-state index < -0.39 is 0 Å². The lowest BCUT2D eigenvalue weighted by atomic mass is 10.0. The Morgan fingerprint density at radius 1 is 1.19 bits per heavy atom. The van der Waals surface area contributed by atoms with Crippen LogP contribution in [0, 0.1) is 20.8 Å². The third-order valence-electron chi connectivity index (χ3n) is 2.87. The molecule has 0 heterocycles. The number of carbonyl (C=O) groups is 1. The van der Waals surface area contributed by atoms with Crippen molar-refractivity contribution in [2.24, 2.45) is 0 Å². The average molecular weight is 237 g/mol. The molecule has 1 aromatic carbocycles. The molecule has 0 aliphatic carbocycles. The van der Waals surface area contributed by atoms with Crippen LogP contribution in [0.2, 0.25) is 0 Å². The number of thiol groups is 1. The first-order valence-electron chi connectivity index (χ1n) is 5.42. The zero-order valence-corrected chi connectivity index (χ0v) is 11.3. The van der Waals surface area contributed by atoms with Crippen molar-refractivity contribution in [1.82, 2.24) is 0 Å². The number of amides is 1. The maximum atomic E-state index is 11.8. The minimum absolute atomic E-state index is 0.112. The molecule has 0 aliphatic rings. The van der Waals surface area contributed by atoms with Gasteiger partial charge in [-0.2, -0.15) is 12.6 Å². The lowest BCUT2D eigenvalue weighted by molar-refractivity contribution is -0.117. The van der Waals surface area contributed by atoms with Gasteiger partial charge in [-0.25, -0.2) is 0 Å². The topological polar surface area (TPSA) is 20.3 Å². The standard InChI is InChI=1S/C13H19NOS/c1-9-7-11(3)12(8-10(9)2)14(4)13(15)5-6-16/h7-8,16H,5-6H2,1-4H3. The Morgan fingerprint density at radius 3 is 2.31 bits per heavy atom. The van der Waals surface area contributed by atoms with Gasteiger partial charge < -0.3 is 4.90 Å². The predicted octanol–water partition coefficient (Wildman–Crippen LogP) is 2.89. The van der Waals surface area contributed by atoms with Crippen molar-refractivity contribution in [2.75, 3.05) is 17.7 Å². The first kappa shape index (κ1) is 13.1. The van der Waals surface area contributed by atoms with Crippen molar-refractivity contribution < 1.29 is 4.79 Å². The number of carbonyl (C=O) groups excluding carboxylic acids is 1. The molecule has 0 unspecified atom stereocenters. The Labute approximate surface area is 103 Å². The predicted molar refractivity (Wildman–Crippen MR) is 72.5 cm³/mol. The van der Waals surface area contributed by atoms with E-state index in [1.54, 1.807) is 4.90 Å². The summed E-state index contributed by atoms with van der Waals surface area (Å²) in [5, 5.41) is 0. The molecule has 0 atom stereocenters. The highest BCUT2D eigenvalue weighted by molar-refractivity contribution is 7.80. The quantitative estimate of drug-likeness (QED) is 0.802. The Morgan fingerprint density at radius 2 is 1.75 bits per heavy atom. The largest absolute Gasteiger partial charge is 0.315 e. The van der Waals surface area contributed by atoms with Gasteiger partial charge in [-0.1, -0.05) is 6.07 Å². The smallest absolute Gasteiger partial charge is 0.227 e. The fourth-order valence-corrected chi connectivity index (χ4v) is 1.90. The fraction of sp³-hybridized carbons (Fsp3) is 0.462. The van der Waals surface area contributed by atoms with Crippen LogP contribution in [0.25, 0.3) is 0 Å². The number of rotatable bonds is 3.